The minimum atomic E-state index is -0.732. The quantitative estimate of drug-likeness (QED) is 0.223. The lowest BCUT2D eigenvalue weighted by Gasteiger charge is -2.23. The summed E-state index contributed by atoms with van der Waals surface area (Å²) in [7, 11) is 0. The van der Waals surface area contributed by atoms with E-state index in [9.17, 15) is 14.4 Å². The second-order valence-electron chi connectivity index (χ2n) is 7.17. The number of rotatable bonds is 6. The van der Waals surface area contributed by atoms with E-state index in [1.807, 2.05) is 6.08 Å². The van der Waals surface area contributed by atoms with E-state index in [0.29, 0.717) is 5.57 Å². The summed E-state index contributed by atoms with van der Waals surface area (Å²) < 4.78 is 10.6. The first kappa shape index (κ1) is 20.3. The molecule has 0 aliphatic carbocycles. The van der Waals surface area contributed by atoms with Crippen molar-refractivity contribution in [2.24, 2.45) is 5.92 Å². The summed E-state index contributed by atoms with van der Waals surface area (Å²) in [6, 6.07) is -0.0800. The van der Waals surface area contributed by atoms with Gasteiger partial charge in [0.1, 0.15) is 18.5 Å². The molecule has 3 aliphatic rings. The van der Waals surface area contributed by atoms with Crippen molar-refractivity contribution in [2.45, 2.75) is 46.3 Å². The van der Waals surface area contributed by atoms with Crippen molar-refractivity contribution in [3.8, 4) is 0 Å². The zero-order valence-corrected chi connectivity index (χ0v) is 16.5. The van der Waals surface area contributed by atoms with Crippen molar-refractivity contribution < 1.29 is 33.6 Å². The lowest BCUT2D eigenvalue weighted by molar-refractivity contribution is -0.264. The SMILES string of the molecule is C/C=C(\C)C(=O)OC1CCN2CC=C(COOC(=O)C3=C(C)OC(=O)C3C)C12. The highest BCUT2D eigenvalue weighted by atomic mass is 17.2. The first-order valence-electron chi connectivity index (χ1n) is 9.36. The van der Waals surface area contributed by atoms with Gasteiger partial charge in [-0.2, -0.15) is 4.89 Å². The fourth-order valence-corrected chi connectivity index (χ4v) is 3.71. The highest BCUT2D eigenvalue weighted by molar-refractivity contribution is 5.98. The van der Waals surface area contributed by atoms with Crippen LogP contribution in [0.4, 0.5) is 0 Å². The van der Waals surface area contributed by atoms with Crippen molar-refractivity contribution in [1.29, 1.82) is 0 Å². The van der Waals surface area contributed by atoms with Gasteiger partial charge < -0.3 is 9.47 Å². The van der Waals surface area contributed by atoms with Gasteiger partial charge >= 0.3 is 17.9 Å². The zero-order chi connectivity index (χ0) is 20.4. The van der Waals surface area contributed by atoms with Gasteiger partial charge in [0, 0.05) is 18.7 Å². The molecule has 1 saturated heterocycles. The number of ether oxygens (including phenoxy) is 2. The Balaban J connectivity index is 1.55. The summed E-state index contributed by atoms with van der Waals surface area (Å²) in [5.41, 5.74) is 1.64. The molecule has 0 N–H and O–H groups in total. The molecule has 3 atom stereocenters. The summed E-state index contributed by atoms with van der Waals surface area (Å²) in [5.74, 6) is -1.98. The molecular weight excluding hydrogens is 366 g/mol. The minimum Gasteiger partial charge on any atom is -0.457 e. The molecule has 3 aliphatic heterocycles. The van der Waals surface area contributed by atoms with E-state index < -0.39 is 17.9 Å². The second kappa shape index (κ2) is 8.28. The van der Waals surface area contributed by atoms with Crippen molar-refractivity contribution >= 4 is 17.9 Å². The largest absolute Gasteiger partial charge is 0.457 e. The summed E-state index contributed by atoms with van der Waals surface area (Å²) in [5, 5.41) is 0. The molecule has 3 unspecified atom stereocenters. The minimum absolute atomic E-state index is 0.0685. The van der Waals surface area contributed by atoms with Gasteiger partial charge in [0.15, 0.2) is 0 Å². The lowest BCUT2D eigenvalue weighted by atomic mass is 10.0. The van der Waals surface area contributed by atoms with Crippen LogP contribution < -0.4 is 0 Å². The predicted molar refractivity (Wildman–Crippen MR) is 97.4 cm³/mol. The molecule has 0 spiro atoms. The van der Waals surface area contributed by atoms with Crippen molar-refractivity contribution in [2.75, 3.05) is 19.7 Å². The number of hydrogen-bond donors (Lipinski definition) is 0. The number of carbonyl (C=O) groups excluding carboxylic acids is 3. The number of fused-ring (bicyclic) bond motifs is 1. The van der Waals surface area contributed by atoms with E-state index >= 15 is 0 Å². The van der Waals surface area contributed by atoms with E-state index in [-0.39, 0.29) is 36.1 Å². The first-order chi connectivity index (χ1) is 13.3. The third-order valence-corrected chi connectivity index (χ3v) is 5.43. The van der Waals surface area contributed by atoms with Crippen LogP contribution in [0.3, 0.4) is 0 Å². The summed E-state index contributed by atoms with van der Waals surface area (Å²) in [6.07, 6.45) is 4.20. The molecule has 3 heterocycles. The molecule has 0 saturated carbocycles. The topological polar surface area (TPSA) is 91.4 Å². The molecule has 28 heavy (non-hydrogen) atoms. The normalized spacial score (nSPS) is 27.6. The number of esters is 2. The molecule has 0 radical (unpaired) electrons. The van der Waals surface area contributed by atoms with Gasteiger partial charge in [0.25, 0.3) is 0 Å². The Morgan fingerprint density at radius 3 is 2.79 bits per heavy atom. The number of allylic oxidation sites excluding steroid dienone is 2. The smallest absolute Gasteiger partial charge is 0.373 e. The van der Waals surface area contributed by atoms with Crippen LogP contribution in [0.25, 0.3) is 0 Å². The second-order valence-corrected chi connectivity index (χ2v) is 7.17. The maximum absolute atomic E-state index is 12.2. The highest BCUT2D eigenvalue weighted by Crippen LogP contribution is 2.32. The standard InChI is InChI=1S/C20H25NO7/c1-5-11(2)18(22)27-15-7-9-21-8-6-14(17(15)21)10-25-28-20(24)16-12(3)19(23)26-13(16)4/h5-6,12,15,17H,7-10H2,1-4H3/b11-5+. The monoisotopic (exact) mass is 391 g/mol. The van der Waals surface area contributed by atoms with Crippen LogP contribution in [-0.4, -0.2) is 54.7 Å². The summed E-state index contributed by atoms with van der Waals surface area (Å²) >= 11 is 0. The molecule has 1 fully saturated rings. The molecule has 8 heteroatoms. The number of carbonyl (C=O) groups is 3. The predicted octanol–water partition coefficient (Wildman–Crippen LogP) is 1.82. The Labute approximate surface area is 163 Å². The van der Waals surface area contributed by atoms with E-state index in [0.717, 1.165) is 25.1 Å². The lowest BCUT2D eigenvalue weighted by Crippen LogP contribution is -2.36. The van der Waals surface area contributed by atoms with Gasteiger partial charge in [-0.15, -0.1) is 0 Å². The van der Waals surface area contributed by atoms with Gasteiger partial charge in [-0.1, -0.05) is 12.2 Å². The third kappa shape index (κ3) is 3.88. The molecule has 3 rings (SSSR count). The average Bonchev–Trinajstić information content (AvgIpc) is 3.31. The zero-order valence-electron chi connectivity index (χ0n) is 16.5. The Morgan fingerprint density at radius 1 is 1.39 bits per heavy atom. The van der Waals surface area contributed by atoms with Crippen molar-refractivity contribution in [1.82, 2.24) is 4.90 Å². The van der Waals surface area contributed by atoms with Crippen molar-refractivity contribution in [3.63, 3.8) is 0 Å². The van der Waals surface area contributed by atoms with Gasteiger partial charge in [0.05, 0.1) is 17.5 Å². The fourth-order valence-electron chi connectivity index (χ4n) is 3.71. The fraction of sp³-hybridized carbons (Fsp3) is 0.550. The van der Waals surface area contributed by atoms with Crippen LogP contribution in [0, 0.1) is 5.92 Å². The number of hydrogen-bond acceptors (Lipinski definition) is 8. The number of nitrogens with zero attached hydrogens (tertiary/aromatic N) is 1. The van der Waals surface area contributed by atoms with Crippen LogP contribution in [0.1, 0.15) is 34.1 Å². The first-order valence-corrected chi connectivity index (χ1v) is 9.36. The molecule has 0 aromatic rings. The molecular formula is C20H25NO7. The van der Waals surface area contributed by atoms with Crippen LogP contribution in [-0.2, 0) is 33.6 Å². The van der Waals surface area contributed by atoms with Gasteiger partial charge in [-0.05, 0) is 39.7 Å². The van der Waals surface area contributed by atoms with Crippen LogP contribution >= 0.6 is 0 Å². The summed E-state index contributed by atoms with van der Waals surface area (Å²) in [4.78, 5) is 48.1. The van der Waals surface area contributed by atoms with Crippen LogP contribution in [0.5, 0.6) is 0 Å². The Morgan fingerprint density at radius 2 is 2.14 bits per heavy atom. The summed E-state index contributed by atoms with van der Waals surface area (Å²) in [6.45, 7) is 8.26. The molecule has 0 aromatic carbocycles. The Hall–Kier alpha value is -2.45. The van der Waals surface area contributed by atoms with E-state index in [2.05, 4.69) is 4.90 Å². The van der Waals surface area contributed by atoms with Gasteiger partial charge in [-0.3, -0.25) is 14.6 Å². The molecule has 152 valence electrons. The highest BCUT2D eigenvalue weighted by Gasteiger charge is 2.42. The van der Waals surface area contributed by atoms with E-state index in [4.69, 9.17) is 19.2 Å². The number of cyclic esters (lactones) is 1. The van der Waals surface area contributed by atoms with Crippen molar-refractivity contribution in [3.05, 3.63) is 34.6 Å². The Bertz CT molecular complexity index is 779. The van der Waals surface area contributed by atoms with E-state index in [1.165, 1.54) is 0 Å². The maximum atomic E-state index is 12.2. The van der Waals surface area contributed by atoms with Crippen LogP contribution in [0.2, 0.25) is 0 Å². The average molecular weight is 391 g/mol. The van der Waals surface area contributed by atoms with Gasteiger partial charge in [-0.25, -0.2) is 9.59 Å². The maximum Gasteiger partial charge on any atom is 0.373 e. The molecule has 0 aromatic heterocycles. The van der Waals surface area contributed by atoms with E-state index in [1.54, 1.807) is 33.8 Å². The Kier molecular flexibility index (Phi) is 6.00. The third-order valence-electron chi connectivity index (χ3n) is 5.43. The van der Waals surface area contributed by atoms with Gasteiger partial charge in [0.2, 0.25) is 0 Å². The molecule has 8 nitrogen and oxygen atoms in total. The molecule has 0 bridgehead atoms. The van der Waals surface area contributed by atoms with Crippen LogP contribution in [0.15, 0.2) is 34.6 Å². The molecule has 0 amide bonds.